The van der Waals surface area contributed by atoms with Crippen LogP contribution in [-0.4, -0.2) is 128 Å². The Kier molecular flexibility index (Phi) is 9.33. The molecule has 204 valence electrons. The predicted molar refractivity (Wildman–Crippen MR) is 120 cm³/mol. The summed E-state index contributed by atoms with van der Waals surface area (Å²) in [6.45, 7) is 0.291. The SMILES string of the molecule is CN(CCCN)[C@H](C(=O)O)[C@H](O[C@@H]1O[C@H](CN)[C@@H](O)[C@H]1O)[C@H]1O[C@@H](n2ccc(=O)[nH]c2=O)[C@H](O)[C@@H]1O. The van der Waals surface area contributed by atoms with Gasteiger partial charge in [-0.1, -0.05) is 0 Å². The molecular formula is C20H33N5O11. The van der Waals surface area contributed by atoms with Crippen LogP contribution in [0.1, 0.15) is 12.6 Å². The molecule has 16 nitrogen and oxygen atoms in total. The fourth-order valence-corrected chi connectivity index (χ4v) is 4.38. The van der Waals surface area contributed by atoms with Crippen molar-refractivity contribution in [2.45, 2.75) is 67.7 Å². The van der Waals surface area contributed by atoms with Crippen molar-refractivity contribution in [3.63, 3.8) is 0 Å². The molecule has 0 saturated carbocycles. The van der Waals surface area contributed by atoms with Crippen molar-refractivity contribution in [2.75, 3.05) is 26.7 Å². The molecule has 36 heavy (non-hydrogen) atoms. The van der Waals surface area contributed by atoms with Crippen molar-refractivity contribution >= 4 is 5.97 Å². The largest absolute Gasteiger partial charge is 0.480 e. The monoisotopic (exact) mass is 519 g/mol. The summed E-state index contributed by atoms with van der Waals surface area (Å²) in [5.41, 5.74) is 9.45. The smallest absolute Gasteiger partial charge is 0.330 e. The number of aliphatic hydroxyl groups excluding tert-OH is 4. The highest BCUT2D eigenvalue weighted by atomic mass is 16.7. The third-order valence-corrected chi connectivity index (χ3v) is 6.32. The topological polar surface area (TPSA) is 256 Å². The average molecular weight is 520 g/mol. The van der Waals surface area contributed by atoms with Crippen LogP contribution in [0, 0.1) is 0 Å². The lowest BCUT2D eigenvalue weighted by Crippen LogP contribution is -2.57. The van der Waals surface area contributed by atoms with Crippen molar-refractivity contribution in [3.05, 3.63) is 33.1 Å². The molecule has 0 bridgehead atoms. The van der Waals surface area contributed by atoms with Crippen molar-refractivity contribution in [1.29, 1.82) is 0 Å². The number of likely N-dealkylation sites (N-methyl/N-ethyl adjacent to an activating group) is 1. The molecule has 2 saturated heterocycles. The highest BCUT2D eigenvalue weighted by Crippen LogP contribution is 2.35. The van der Waals surface area contributed by atoms with Gasteiger partial charge in [0.05, 0.1) is 0 Å². The molecule has 1 aromatic rings. The molecule has 2 aliphatic rings. The summed E-state index contributed by atoms with van der Waals surface area (Å²) in [7, 11) is 1.47. The lowest BCUT2D eigenvalue weighted by Gasteiger charge is -2.37. The first-order chi connectivity index (χ1) is 17.0. The number of ether oxygens (including phenoxy) is 3. The van der Waals surface area contributed by atoms with Crippen molar-refractivity contribution in [2.24, 2.45) is 11.5 Å². The van der Waals surface area contributed by atoms with Gasteiger partial charge in [-0.25, -0.2) is 4.79 Å². The van der Waals surface area contributed by atoms with Gasteiger partial charge in [0.1, 0.15) is 48.8 Å². The van der Waals surface area contributed by atoms with E-state index in [4.69, 9.17) is 25.7 Å². The third kappa shape index (κ3) is 5.67. The molecule has 0 amide bonds. The molecule has 3 rings (SSSR count). The fourth-order valence-electron chi connectivity index (χ4n) is 4.38. The maximum atomic E-state index is 12.4. The first kappa shape index (κ1) is 28.3. The summed E-state index contributed by atoms with van der Waals surface area (Å²) in [4.78, 5) is 39.4. The summed E-state index contributed by atoms with van der Waals surface area (Å²) < 4.78 is 17.8. The minimum Gasteiger partial charge on any atom is -0.480 e. The van der Waals surface area contributed by atoms with E-state index >= 15 is 0 Å². The molecular weight excluding hydrogens is 486 g/mol. The van der Waals surface area contributed by atoms with Gasteiger partial charge in [0.25, 0.3) is 5.56 Å². The van der Waals surface area contributed by atoms with Crippen LogP contribution < -0.4 is 22.7 Å². The molecule has 16 heteroatoms. The van der Waals surface area contributed by atoms with Gasteiger partial charge in [-0.2, -0.15) is 0 Å². The Morgan fingerprint density at radius 3 is 2.42 bits per heavy atom. The number of rotatable bonds is 11. The van der Waals surface area contributed by atoms with E-state index < -0.39 is 78.5 Å². The number of aromatic nitrogens is 2. The summed E-state index contributed by atoms with van der Waals surface area (Å²) in [5, 5.41) is 52.1. The van der Waals surface area contributed by atoms with Gasteiger partial charge in [0.2, 0.25) is 0 Å². The highest BCUT2D eigenvalue weighted by molar-refractivity contribution is 5.74. The van der Waals surface area contributed by atoms with Crippen LogP contribution >= 0.6 is 0 Å². The van der Waals surface area contributed by atoms with Crippen molar-refractivity contribution in [3.8, 4) is 0 Å². The lowest BCUT2D eigenvalue weighted by molar-refractivity contribution is -0.234. The Morgan fingerprint density at radius 1 is 1.17 bits per heavy atom. The van der Waals surface area contributed by atoms with Crippen LogP contribution in [-0.2, 0) is 19.0 Å². The van der Waals surface area contributed by atoms with Gasteiger partial charge in [0, 0.05) is 18.8 Å². The first-order valence-electron chi connectivity index (χ1n) is 11.3. The Hall–Kier alpha value is -2.25. The molecule has 0 aliphatic carbocycles. The number of nitrogens with two attached hydrogens (primary N) is 2. The quantitative estimate of drug-likeness (QED) is 0.136. The summed E-state index contributed by atoms with van der Waals surface area (Å²) >= 11 is 0. The molecule has 0 spiro atoms. The molecule has 0 unspecified atom stereocenters. The second kappa shape index (κ2) is 11.9. The Labute approximate surface area is 204 Å². The number of hydrogen-bond acceptors (Lipinski definition) is 13. The predicted octanol–water partition coefficient (Wildman–Crippen LogP) is -5.32. The Morgan fingerprint density at radius 2 is 1.86 bits per heavy atom. The molecule has 3 heterocycles. The number of carbonyl (C=O) groups is 1. The number of carboxylic acids is 1. The second-order valence-electron chi connectivity index (χ2n) is 8.76. The number of nitrogens with one attached hydrogen (secondary N) is 1. The van der Waals surface area contributed by atoms with E-state index in [0.717, 1.165) is 16.8 Å². The van der Waals surface area contributed by atoms with E-state index in [0.29, 0.717) is 6.42 Å². The summed E-state index contributed by atoms with van der Waals surface area (Å²) in [6, 6.07) is -0.512. The van der Waals surface area contributed by atoms with Crippen LogP contribution in [0.15, 0.2) is 21.9 Å². The van der Waals surface area contributed by atoms with E-state index in [1.54, 1.807) is 0 Å². The second-order valence-corrected chi connectivity index (χ2v) is 8.76. The molecule has 10 N–H and O–H groups in total. The average Bonchev–Trinajstić information content (AvgIpc) is 3.27. The summed E-state index contributed by atoms with van der Waals surface area (Å²) in [6.07, 6.45) is -12.3. The normalized spacial score (nSPS) is 34.2. The Bertz CT molecular complexity index is 1000. The van der Waals surface area contributed by atoms with Crippen LogP contribution in [0.5, 0.6) is 0 Å². The van der Waals surface area contributed by atoms with Gasteiger partial charge in [-0.15, -0.1) is 0 Å². The first-order valence-corrected chi connectivity index (χ1v) is 11.3. The molecule has 2 aliphatic heterocycles. The zero-order chi connectivity index (χ0) is 26.7. The van der Waals surface area contributed by atoms with Crippen molar-refractivity contribution in [1.82, 2.24) is 14.5 Å². The number of nitrogens with zero attached hydrogens (tertiary/aromatic N) is 2. The molecule has 0 radical (unpaired) electrons. The van der Waals surface area contributed by atoms with E-state index in [2.05, 4.69) is 0 Å². The van der Waals surface area contributed by atoms with Crippen LogP contribution in [0.4, 0.5) is 0 Å². The number of aromatic amines is 1. The van der Waals surface area contributed by atoms with Crippen LogP contribution in [0.2, 0.25) is 0 Å². The van der Waals surface area contributed by atoms with Gasteiger partial charge >= 0.3 is 11.7 Å². The standard InChI is InChI=1S/C20H33N5O11/c1-24(5-2-4-21)10(18(31)32)15(36-19-14(30)11(27)8(7-22)34-19)16-12(28)13(29)17(35-16)25-6-3-9(26)23-20(25)33/h3,6,8,10-17,19,27-30H,2,4-5,7,21-22H2,1H3,(H,31,32)(H,23,26,33)/t8-,10+,11-,12+,13-,14-,15+,16+,17-,19+/m1/s1. The lowest BCUT2D eigenvalue weighted by atomic mass is 9.98. The minimum absolute atomic E-state index is 0.167. The zero-order valence-electron chi connectivity index (χ0n) is 19.5. The number of carboxylic acid groups (broad SMARTS) is 1. The van der Waals surface area contributed by atoms with Gasteiger partial charge in [-0.05, 0) is 26.6 Å². The Balaban J connectivity index is 1.97. The maximum Gasteiger partial charge on any atom is 0.330 e. The van der Waals surface area contributed by atoms with Gasteiger partial charge < -0.3 is 51.2 Å². The minimum atomic E-state index is -1.77. The number of hydrogen-bond donors (Lipinski definition) is 8. The number of H-pyrrole nitrogens is 1. The van der Waals surface area contributed by atoms with Crippen molar-refractivity contribution < 1.29 is 44.5 Å². The fraction of sp³-hybridized carbons (Fsp3) is 0.750. The van der Waals surface area contributed by atoms with Gasteiger partial charge in [0.15, 0.2) is 12.5 Å². The number of aliphatic carboxylic acids is 1. The summed E-state index contributed by atoms with van der Waals surface area (Å²) in [5.74, 6) is -1.39. The van der Waals surface area contributed by atoms with E-state index in [1.807, 2.05) is 4.98 Å². The highest BCUT2D eigenvalue weighted by Gasteiger charge is 2.54. The number of aliphatic hydroxyl groups is 4. The van der Waals surface area contributed by atoms with E-state index in [-0.39, 0.29) is 19.6 Å². The van der Waals surface area contributed by atoms with E-state index in [1.165, 1.54) is 11.9 Å². The van der Waals surface area contributed by atoms with Crippen LogP contribution in [0.25, 0.3) is 0 Å². The van der Waals surface area contributed by atoms with E-state index in [9.17, 15) is 39.9 Å². The van der Waals surface area contributed by atoms with Gasteiger partial charge in [-0.3, -0.25) is 24.0 Å². The molecule has 0 aromatic carbocycles. The maximum absolute atomic E-state index is 12.4. The molecule has 2 fully saturated rings. The van der Waals surface area contributed by atoms with Crippen LogP contribution in [0.3, 0.4) is 0 Å². The molecule has 1 aromatic heterocycles. The third-order valence-electron chi connectivity index (χ3n) is 6.32. The molecule has 10 atom stereocenters. The zero-order valence-corrected chi connectivity index (χ0v) is 19.5.